The number of rotatable bonds is 6. The van der Waals surface area contributed by atoms with E-state index in [1.807, 2.05) is 6.92 Å². The number of carbonyl (C=O) groups excluding carboxylic acids is 3. The van der Waals surface area contributed by atoms with Gasteiger partial charge in [0.1, 0.15) is 22.8 Å². The van der Waals surface area contributed by atoms with E-state index in [9.17, 15) is 24.3 Å². The lowest BCUT2D eigenvalue weighted by Gasteiger charge is -2.26. The lowest BCUT2D eigenvalue weighted by molar-refractivity contribution is -0.122. The molecule has 0 aliphatic carbocycles. The van der Waals surface area contributed by atoms with E-state index in [1.54, 1.807) is 30.3 Å². The predicted octanol–water partition coefficient (Wildman–Crippen LogP) is 3.71. The van der Waals surface area contributed by atoms with Gasteiger partial charge in [0.15, 0.2) is 0 Å². The van der Waals surface area contributed by atoms with E-state index in [4.69, 9.17) is 9.15 Å². The summed E-state index contributed by atoms with van der Waals surface area (Å²) in [5.41, 5.74) is 0.343. The molecule has 1 aliphatic heterocycles. The van der Waals surface area contributed by atoms with Crippen molar-refractivity contribution < 1.29 is 33.4 Å². The molecule has 1 fully saturated rings. The molecule has 9 nitrogen and oxygen atoms in total. The van der Waals surface area contributed by atoms with Crippen molar-refractivity contribution in [1.82, 2.24) is 5.32 Å². The molecule has 33 heavy (non-hydrogen) atoms. The van der Waals surface area contributed by atoms with Crippen LogP contribution in [0.3, 0.4) is 0 Å². The van der Waals surface area contributed by atoms with Crippen molar-refractivity contribution in [3.8, 4) is 17.1 Å². The Morgan fingerprint density at radius 2 is 1.79 bits per heavy atom. The van der Waals surface area contributed by atoms with Crippen molar-refractivity contribution in [2.45, 2.75) is 6.92 Å². The van der Waals surface area contributed by atoms with Gasteiger partial charge in [0.2, 0.25) is 0 Å². The number of anilines is 1. The first-order valence-electron chi connectivity index (χ1n) is 9.96. The van der Waals surface area contributed by atoms with Crippen molar-refractivity contribution in [2.24, 2.45) is 0 Å². The van der Waals surface area contributed by atoms with Gasteiger partial charge in [-0.1, -0.05) is 18.2 Å². The highest BCUT2D eigenvalue weighted by Crippen LogP contribution is 2.28. The number of aromatic carboxylic acids is 1. The van der Waals surface area contributed by atoms with Crippen molar-refractivity contribution in [3.05, 3.63) is 77.6 Å². The third kappa shape index (κ3) is 4.24. The molecule has 1 aromatic heterocycles. The fourth-order valence-corrected chi connectivity index (χ4v) is 3.35. The molecule has 1 aliphatic rings. The Morgan fingerprint density at radius 1 is 1.06 bits per heavy atom. The summed E-state index contributed by atoms with van der Waals surface area (Å²) in [6.45, 7) is 2.30. The molecule has 1 saturated heterocycles. The molecule has 2 heterocycles. The molecular weight excluding hydrogens is 428 g/mol. The molecule has 0 spiro atoms. The molecule has 4 rings (SSSR count). The predicted molar refractivity (Wildman–Crippen MR) is 118 cm³/mol. The Bertz CT molecular complexity index is 1290. The Morgan fingerprint density at radius 3 is 2.48 bits per heavy atom. The second kappa shape index (κ2) is 8.83. The molecule has 4 amide bonds. The zero-order valence-corrected chi connectivity index (χ0v) is 17.4. The van der Waals surface area contributed by atoms with E-state index in [2.05, 4.69) is 5.32 Å². The number of amides is 4. The van der Waals surface area contributed by atoms with E-state index < -0.39 is 23.8 Å². The Balaban J connectivity index is 1.65. The minimum Gasteiger partial charge on any atom is -0.494 e. The third-order valence-electron chi connectivity index (χ3n) is 4.84. The first-order valence-corrected chi connectivity index (χ1v) is 9.96. The number of hydrogen-bond donors (Lipinski definition) is 2. The lowest BCUT2D eigenvalue weighted by atomic mass is 10.1. The van der Waals surface area contributed by atoms with Crippen LogP contribution in [0.4, 0.5) is 10.5 Å². The number of imide groups is 2. The van der Waals surface area contributed by atoms with Gasteiger partial charge in [-0.15, -0.1) is 0 Å². The van der Waals surface area contributed by atoms with Crippen molar-refractivity contribution >= 4 is 35.6 Å². The number of nitrogens with one attached hydrogen (secondary N) is 1. The molecule has 0 atom stereocenters. The number of ether oxygens (including phenoxy) is 1. The van der Waals surface area contributed by atoms with Crippen LogP contribution in [0.2, 0.25) is 0 Å². The maximum atomic E-state index is 13.0. The zero-order chi connectivity index (χ0) is 23.5. The highest BCUT2D eigenvalue weighted by Gasteiger charge is 2.37. The van der Waals surface area contributed by atoms with Crippen LogP contribution in [-0.4, -0.2) is 35.5 Å². The largest absolute Gasteiger partial charge is 0.494 e. The summed E-state index contributed by atoms with van der Waals surface area (Å²) in [5, 5.41) is 11.5. The first kappa shape index (κ1) is 21.6. The van der Waals surface area contributed by atoms with Gasteiger partial charge in [-0.3, -0.25) is 14.9 Å². The van der Waals surface area contributed by atoms with Crippen molar-refractivity contribution in [2.75, 3.05) is 11.5 Å². The van der Waals surface area contributed by atoms with Gasteiger partial charge in [0.05, 0.1) is 17.9 Å². The number of barbiturate groups is 1. The van der Waals surface area contributed by atoms with Crippen LogP contribution in [0.15, 0.2) is 70.7 Å². The second-order valence-electron chi connectivity index (χ2n) is 6.94. The van der Waals surface area contributed by atoms with Crippen molar-refractivity contribution in [3.63, 3.8) is 0 Å². The summed E-state index contributed by atoms with van der Waals surface area (Å²) in [5.74, 6) is -1.84. The number of urea groups is 1. The zero-order valence-electron chi connectivity index (χ0n) is 17.4. The molecular formula is C24H18N2O7. The standard InChI is InChI=1S/C24H18N2O7/c1-2-32-15-9-7-14(8-10-15)26-22(28)19(21(27)25-24(26)31)13-16-11-12-20(33-16)17-5-3-4-6-18(17)23(29)30/h3-13H,2H2,1H3,(H,29,30)(H,25,27,31)/b19-13+. The topological polar surface area (TPSA) is 126 Å². The van der Waals surface area contributed by atoms with Gasteiger partial charge < -0.3 is 14.3 Å². The minimum atomic E-state index is -1.12. The number of carboxylic acid groups (broad SMARTS) is 1. The summed E-state index contributed by atoms with van der Waals surface area (Å²) >= 11 is 0. The second-order valence-corrected chi connectivity index (χ2v) is 6.94. The van der Waals surface area contributed by atoms with E-state index in [1.165, 1.54) is 36.4 Å². The Labute approximate surface area is 187 Å². The normalized spacial score (nSPS) is 15.0. The van der Waals surface area contributed by atoms with Crippen LogP contribution in [-0.2, 0) is 9.59 Å². The molecule has 0 bridgehead atoms. The highest BCUT2D eigenvalue weighted by molar-refractivity contribution is 6.39. The molecule has 0 saturated carbocycles. The van der Waals surface area contributed by atoms with Gasteiger partial charge in [-0.2, -0.15) is 0 Å². The molecule has 3 aromatic rings. The lowest BCUT2D eigenvalue weighted by Crippen LogP contribution is -2.54. The summed E-state index contributed by atoms with van der Waals surface area (Å²) in [6.07, 6.45) is 1.21. The number of carbonyl (C=O) groups is 4. The quantitative estimate of drug-likeness (QED) is 0.437. The van der Waals surface area contributed by atoms with Gasteiger partial charge in [-0.05, 0) is 55.5 Å². The fourth-order valence-electron chi connectivity index (χ4n) is 3.35. The molecule has 2 N–H and O–H groups in total. The number of hydrogen-bond acceptors (Lipinski definition) is 6. The fraction of sp³-hybridized carbons (Fsp3) is 0.0833. The SMILES string of the molecule is CCOc1ccc(N2C(=O)NC(=O)/C(=C\c3ccc(-c4ccccc4C(=O)O)o3)C2=O)cc1. The third-order valence-corrected chi connectivity index (χ3v) is 4.84. The minimum absolute atomic E-state index is 0.0461. The van der Waals surface area contributed by atoms with Crippen molar-refractivity contribution in [1.29, 1.82) is 0 Å². The van der Waals surface area contributed by atoms with Crippen LogP contribution in [0.5, 0.6) is 5.75 Å². The average Bonchev–Trinajstić information content (AvgIpc) is 3.26. The van der Waals surface area contributed by atoms with E-state index in [0.717, 1.165) is 4.90 Å². The Kier molecular flexibility index (Phi) is 5.77. The van der Waals surface area contributed by atoms with E-state index in [0.29, 0.717) is 17.9 Å². The smallest absolute Gasteiger partial charge is 0.336 e. The molecule has 0 radical (unpaired) electrons. The van der Waals surface area contributed by atoms with Gasteiger partial charge in [0.25, 0.3) is 11.8 Å². The summed E-state index contributed by atoms with van der Waals surface area (Å²) < 4.78 is 11.0. The molecule has 0 unspecified atom stereocenters. The van der Waals surface area contributed by atoms with E-state index >= 15 is 0 Å². The van der Waals surface area contributed by atoms with Crippen LogP contribution in [0.1, 0.15) is 23.0 Å². The number of carboxylic acids is 1. The van der Waals surface area contributed by atoms with Crippen LogP contribution in [0, 0.1) is 0 Å². The van der Waals surface area contributed by atoms with Crippen LogP contribution in [0.25, 0.3) is 17.4 Å². The summed E-state index contributed by atoms with van der Waals surface area (Å²) in [6, 6.07) is 14.7. The van der Waals surface area contributed by atoms with Crippen LogP contribution >= 0.6 is 0 Å². The molecule has 2 aromatic carbocycles. The maximum absolute atomic E-state index is 13.0. The average molecular weight is 446 g/mol. The van der Waals surface area contributed by atoms with Gasteiger partial charge >= 0.3 is 12.0 Å². The number of nitrogens with zero attached hydrogens (tertiary/aromatic N) is 1. The first-order chi connectivity index (χ1) is 15.9. The number of furan rings is 1. The highest BCUT2D eigenvalue weighted by atomic mass is 16.5. The van der Waals surface area contributed by atoms with Gasteiger partial charge in [-0.25, -0.2) is 14.5 Å². The van der Waals surface area contributed by atoms with E-state index in [-0.39, 0.29) is 28.3 Å². The summed E-state index contributed by atoms with van der Waals surface area (Å²) in [7, 11) is 0. The number of benzene rings is 2. The van der Waals surface area contributed by atoms with Gasteiger partial charge in [0, 0.05) is 5.56 Å². The summed E-state index contributed by atoms with van der Waals surface area (Å²) in [4.78, 5) is 50.0. The van der Waals surface area contributed by atoms with Crippen LogP contribution < -0.4 is 15.0 Å². The monoisotopic (exact) mass is 446 g/mol. The Hall–Kier alpha value is -4.66. The molecule has 166 valence electrons. The maximum Gasteiger partial charge on any atom is 0.336 e. The molecule has 9 heteroatoms.